The highest BCUT2D eigenvalue weighted by Gasteiger charge is 2.30. The fourth-order valence-corrected chi connectivity index (χ4v) is 6.07. The summed E-state index contributed by atoms with van der Waals surface area (Å²) in [5.74, 6) is 1.14. The molecule has 0 bridgehead atoms. The lowest BCUT2D eigenvalue weighted by molar-refractivity contribution is -0.123. The lowest BCUT2D eigenvalue weighted by Crippen LogP contribution is -2.48. The summed E-state index contributed by atoms with van der Waals surface area (Å²) in [5.41, 5.74) is 3.21. The maximum atomic E-state index is 13.7. The van der Waals surface area contributed by atoms with Crippen molar-refractivity contribution < 1.29 is 23.8 Å². The van der Waals surface area contributed by atoms with Gasteiger partial charge in [0.05, 0.1) is 33.1 Å². The zero-order valence-electron chi connectivity index (χ0n) is 25.0. The molecule has 0 saturated heterocycles. The van der Waals surface area contributed by atoms with Crippen LogP contribution < -0.4 is 35.6 Å². The Morgan fingerprint density at radius 2 is 1.61 bits per heavy atom. The molecular weight excluding hydrogens is 522 g/mol. The van der Waals surface area contributed by atoms with Crippen LogP contribution in [0.5, 0.6) is 17.2 Å². The zero-order valence-corrected chi connectivity index (χ0v) is 25.0. The number of carbonyl (C=O) groups excluding carboxylic acids is 2. The number of ether oxygens (including phenoxy) is 3. The predicted molar refractivity (Wildman–Crippen MR) is 160 cm³/mol. The maximum Gasteiger partial charge on any atom is 0.242 e. The van der Waals surface area contributed by atoms with Crippen LogP contribution in [0.15, 0.2) is 29.1 Å². The minimum atomic E-state index is -0.579. The van der Waals surface area contributed by atoms with Gasteiger partial charge in [-0.3, -0.25) is 14.4 Å². The second-order valence-corrected chi connectivity index (χ2v) is 11.3. The van der Waals surface area contributed by atoms with Crippen molar-refractivity contribution in [3.63, 3.8) is 0 Å². The van der Waals surface area contributed by atoms with Crippen LogP contribution in [0.4, 0.5) is 5.69 Å². The average Bonchev–Trinajstić information content (AvgIpc) is 3.19. The fourth-order valence-electron chi connectivity index (χ4n) is 6.07. The number of nitrogens with one attached hydrogen (secondary N) is 3. The molecule has 2 atom stereocenters. The van der Waals surface area contributed by atoms with Crippen molar-refractivity contribution in [2.75, 3.05) is 26.6 Å². The highest BCUT2D eigenvalue weighted by molar-refractivity contribution is 5.86. The van der Waals surface area contributed by atoms with Crippen molar-refractivity contribution in [2.24, 2.45) is 5.92 Å². The Kier molecular flexibility index (Phi) is 9.78. The van der Waals surface area contributed by atoms with Crippen molar-refractivity contribution >= 4 is 17.5 Å². The first-order valence-corrected chi connectivity index (χ1v) is 14.5. The summed E-state index contributed by atoms with van der Waals surface area (Å²) in [4.78, 5) is 39.3. The molecule has 9 heteroatoms. The van der Waals surface area contributed by atoms with Crippen molar-refractivity contribution in [1.29, 1.82) is 0 Å². The SMILES string of the molecule is COc1cc2c(c(OC)c1OC)-c1ccc(N[C@H](C(=O)NC3CCCCC3)C(C)C)c(=O)cc1[C@@H](NC(C)=O)CC2. The molecule has 9 nitrogen and oxygen atoms in total. The fraction of sp³-hybridized carbons (Fsp3) is 0.531. The number of benzene rings is 1. The smallest absolute Gasteiger partial charge is 0.242 e. The van der Waals surface area contributed by atoms with Crippen LogP contribution in [0.3, 0.4) is 0 Å². The van der Waals surface area contributed by atoms with Crippen LogP contribution in [0.25, 0.3) is 11.1 Å². The molecule has 0 unspecified atom stereocenters. The second kappa shape index (κ2) is 13.3. The van der Waals surface area contributed by atoms with Gasteiger partial charge in [-0.1, -0.05) is 39.2 Å². The van der Waals surface area contributed by atoms with E-state index in [4.69, 9.17) is 14.2 Å². The van der Waals surface area contributed by atoms with Gasteiger partial charge in [0.2, 0.25) is 23.0 Å². The molecule has 2 aliphatic carbocycles. The number of aryl methyl sites for hydroxylation is 1. The Balaban J connectivity index is 1.83. The van der Waals surface area contributed by atoms with E-state index in [9.17, 15) is 14.4 Å². The third-order valence-corrected chi connectivity index (χ3v) is 8.13. The average molecular weight is 566 g/mol. The Bertz CT molecular complexity index is 1340. The Labute approximate surface area is 242 Å². The molecular formula is C32H43N3O6. The Morgan fingerprint density at radius 3 is 2.22 bits per heavy atom. The lowest BCUT2D eigenvalue weighted by Gasteiger charge is -2.27. The number of rotatable bonds is 9. The van der Waals surface area contributed by atoms with Crippen molar-refractivity contribution in [1.82, 2.24) is 10.6 Å². The summed E-state index contributed by atoms with van der Waals surface area (Å²) in [6.45, 7) is 5.40. The maximum absolute atomic E-state index is 13.7. The first-order valence-electron chi connectivity index (χ1n) is 14.5. The molecule has 4 rings (SSSR count). The van der Waals surface area contributed by atoms with Crippen LogP contribution in [-0.4, -0.2) is 45.2 Å². The van der Waals surface area contributed by atoms with Gasteiger partial charge in [-0.05, 0) is 66.5 Å². The van der Waals surface area contributed by atoms with Crippen LogP contribution in [0, 0.1) is 5.92 Å². The lowest BCUT2D eigenvalue weighted by atomic mass is 9.94. The highest BCUT2D eigenvalue weighted by Crippen LogP contribution is 2.50. The molecule has 0 radical (unpaired) electrons. The first kappa shape index (κ1) is 30.2. The summed E-state index contributed by atoms with van der Waals surface area (Å²) >= 11 is 0. The second-order valence-electron chi connectivity index (χ2n) is 11.3. The monoisotopic (exact) mass is 565 g/mol. The van der Waals surface area contributed by atoms with Gasteiger partial charge in [-0.15, -0.1) is 0 Å². The van der Waals surface area contributed by atoms with E-state index in [-0.39, 0.29) is 29.2 Å². The molecule has 0 aliphatic heterocycles. The topological polar surface area (TPSA) is 115 Å². The summed E-state index contributed by atoms with van der Waals surface area (Å²) in [5, 5.41) is 9.48. The first-order chi connectivity index (χ1) is 19.7. The van der Waals surface area contributed by atoms with E-state index in [1.54, 1.807) is 33.5 Å². The molecule has 3 N–H and O–H groups in total. The number of carbonyl (C=O) groups is 2. The van der Waals surface area contributed by atoms with E-state index >= 15 is 0 Å². The van der Waals surface area contributed by atoms with E-state index in [2.05, 4.69) is 16.0 Å². The van der Waals surface area contributed by atoms with Crippen LogP contribution in [0.1, 0.15) is 76.5 Å². The molecule has 0 spiro atoms. The van der Waals surface area contributed by atoms with Crippen molar-refractivity contribution in [2.45, 2.75) is 83.8 Å². The number of fused-ring (bicyclic) bond motifs is 3. The summed E-state index contributed by atoms with van der Waals surface area (Å²) < 4.78 is 17.1. The summed E-state index contributed by atoms with van der Waals surface area (Å²) in [6.07, 6.45) is 6.59. The number of hydrogen-bond donors (Lipinski definition) is 3. The number of hydrogen-bond acceptors (Lipinski definition) is 7. The summed E-state index contributed by atoms with van der Waals surface area (Å²) in [6, 6.07) is 6.27. The summed E-state index contributed by atoms with van der Waals surface area (Å²) in [7, 11) is 4.70. The van der Waals surface area contributed by atoms with Crippen LogP contribution in [0.2, 0.25) is 0 Å². The number of amides is 2. The Morgan fingerprint density at radius 1 is 0.902 bits per heavy atom. The molecule has 2 aromatic rings. The van der Waals surface area contributed by atoms with Gasteiger partial charge in [-0.25, -0.2) is 0 Å². The quantitative estimate of drug-likeness (QED) is 0.402. The number of anilines is 1. The van der Waals surface area contributed by atoms with E-state index < -0.39 is 12.1 Å². The van der Waals surface area contributed by atoms with Gasteiger partial charge in [0.15, 0.2) is 11.5 Å². The van der Waals surface area contributed by atoms with Crippen molar-refractivity contribution in [3.05, 3.63) is 45.6 Å². The molecule has 1 saturated carbocycles. The molecule has 2 aromatic carbocycles. The molecule has 0 heterocycles. The van der Waals surface area contributed by atoms with E-state index in [0.29, 0.717) is 41.3 Å². The molecule has 0 aromatic heterocycles. The third kappa shape index (κ3) is 6.60. The minimum Gasteiger partial charge on any atom is -0.493 e. The number of methoxy groups -OCH3 is 3. The van der Waals surface area contributed by atoms with Crippen molar-refractivity contribution in [3.8, 4) is 28.4 Å². The van der Waals surface area contributed by atoms with Gasteiger partial charge in [0.1, 0.15) is 6.04 Å². The van der Waals surface area contributed by atoms with E-state index in [0.717, 1.165) is 42.4 Å². The third-order valence-electron chi connectivity index (χ3n) is 8.13. The predicted octanol–water partition coefficient (Wildman–Crippen LogP) is 4.75. The minimum absolute atomic E-state index is 0.0500. The molecule has 2 amide bonds. The van der Waals surface area contributed by atoms with Gasteiger partial charge in [0, 0.05) is 18.5 Å². The van der Waals surface area contributed by atoms with Gasteiger partial charge in [-0.2, -0.15) is 0 Å². The molecule has 1 fully saturated rings. The molecule has 2 aliphatic rings. The molecule has 222 valence electrons. The normalized spacial score (nSPS) is 17.4. The Hall–Kier alpha value is -3.75. The molecule has 41 heavy (non-hydrogen) atoms. The van der Waals surface area contributed by atoms with Gasteiger partial charge >= 0.3 is 0 Å². The van der Waals surface area contributed by atoms with Crippen LogP contribution >= 0.6 is 0 Å². The van der Waals surface area contributed by atoms with E-state index in [1.807, 2.05) is 26.0 Å². The van der Waals surface area contributed by atoms with Gasteiger partial charge in [0.25, 0.3) is 0 Å². The van der Waals surface area contributed by atoms with E-state index in [1.165, 1.54) is 13.3 Å². The van der Waals surface area contributed by atoms with Crippen LogP contribution in [-0.2, 0) is 16.0 Å². The highest BCUT2D eigenvalue weighted by atomic mass is 16.5. The van der Waals surface area contributed by atoms with Gasteiger partial charge < -0.3 is 30.2 Å². The largest absolute Gasteiger partial charge is 0.493 e. The zero-order chi connectivity index (χ0) is 29.7. The standard InChI is InChI=1S/C32H43N3O6/c1-18(2)29(32(38)34-21-10-8-7-9-11-21)35-25-15-13-22-23(17-26(25)37)24(33-19(3)36)14-12-20-16-27(39-4)30(40-5)31(41-6)28(20)22/h13,15-18,21,24,29H,7-12,14H2,1-6H3,(H,33,36)(H,34,38)(H,35,37)/t24-,29-/m0/s1.